The van der Waals surface area contributed by atoms with E-state index in [9.17, 15) is 0 Å². The maximum atomic E-state index is 5.21. The van der Waals surface area contributed by atoms with E-state index in [1.165, 1.54) is 6.54 Å². The molecule has 0 bridgehead atoms. The molecular weight excluding hydrogens is 278 g/mol. The molecule has 2 heterocycles. The molecule has 2 rings (SSSR count). The minimum atomic E-state index is 0.708. The number of aromatic nitrogens is 1. The third-order valence-corrected chi connectivity index (χ3v) is 4.11. The second-order valence-electron chi connectivity index (χ2n) is 6.38. The highest BCUT2D eigenvalue weighted by Crippen LogP contribution is 2.12. The van der Waals surface area contributed by atoms with Crippen molar-refractivity contribution in [3.63, 3.8) is 0 Å². The van der Waals surface area contributed by atoms with E-state index >= 15 is 0 Å². The smallest absolute Gasteiger partial charge is 0.194 e. The van der Waals surface area contributed by atoms with E-state index in [2.05, 4.69) is 39.1 Å². The molecule has 6 nitrogen and oxygen atoms in total. The summed E-state index contributed by atoms with van der Waals surface area (Å²) in [4.78, 5) is 9.28. The maximum absolute atomic E-state index is 5.21. The summed E-state index contributed by atoms with van der Waals surface area (Å²) in [5, 5.41) is 7.43. The van der Waals surface area contributed by atoms with Crippen LogP contribution >= 0.6 is 0 Å². The van der Waals surface area contributed by atoms with Crippen molar-refractivity contribution < 1.29 is 4.52 Å². The van der Waals surface area contributed by atoms with E-state index in [0.29, 0.717) is 6.54 Å². The molecule has 1 aliphatic rings. The second kappa shape index (κ2) is 7.63. The third kappa shape index (κ3) is 4.22. The summed E-state index contributed by atoms with van der Waals surface area (Å²) in [6.45, 7) is 14.6. The average molecular weight is 307 g/mol. The summed E-state index contributed by atoms with van der Waals surface area (Å²) in [5.74, 6) is 2.56. The Hall–Kier alpha value is -1.56. The number of guanidine groups is 1. The molecule has 0 aliphatic carbocycles. The van der Waals surface area contributed by atoms with Crippen LogP contribution in [0, 0.1) is 19.8 Å². The number of rotatable bonds is 4. The van der Waals surface area contributed by atoms with Gasteiger partial charge in [0.1, 0.15) is 5.76 Å². The van der Waals surface area contributed by atoms with Gasteiger partial charge >= 0.3 is 0 Å². The summed E-state index contributed by atoms with van der Waals surface area (Å²) < 4.78 is 5.21. The molecule has 0 unspecified atom stereocenters. The number of aryl methyl sites for hydroxylation is 2. The van der Waals surface area contributed by atoms with Crippen molar-refractivity contribution in [2.24, 2.45) is 10.9 Å². The fourth-order valence-electron chi connectivity index (χ4n) is 2.91. The van der Waals surface area contributed by atoms with Gasteiger partial charge < -0.3 is 14.7 Å². The first kappa shape index (κ1) is 16.8. The Labute approximate surface area is 133 Å². The first-order valence-electron chi connectivity index (χ1n) is 8.11. The summed E-state index contributed by atoms with van der Waals surface area (Å²) in [7, 11) is 1.84. The molecule has 124 valence electrons. The van der Waals surface area contributed by atoms with Crippen molar-refractivity contribution >= 4 is 5.96 Å². The zero-order valence-electron chi connectivity index (χ0n) is 14.5. The molecule has 0 aromatic carbocycles. The molecule has 0 amide bonds. The second-order valence-corrected chi connectivity index (χ2v) is 6.38. The molecule has 0 atom stereocenters. The van der Waals surface area contributed by atoms with Crippen LogP contribution in [0.25, 0.3) is 0 Å². The number of piperazine rings is 1. The highest BCUT2D eigenvalue weighted by atomic mass is 16.5. The van der Waals surface area contributed by atoms with Crippen molar-refractivity contribution in [1.82, 2.24) is 20.3 Å². The standard InChI is InChI=1S/C16H29N5O/c1-12(2)11-20-6-8-21(9-7-20)16(17-5)18-10-15-13(3)19-22-14(15)4/h12H,6-11H2,1-5H3,(H,17,18). The predicted molar refractivity (Wildman–Crippen MR) is 89.0 cm³/mol. The lowest BCUT2D eigenvalue weighted by Crippen LogP contribution is -2.52. The average Bonchev–Trinajstić information content (AvgIpc) is 2.80. The summed E-state index contributed by atoms with van der Waals surface area (Å²) >= 11 is 0. The van der Waals surface area contributed by atoms with Gasteiger partial charge in [0.05, 0.1) is 5.69 Å². The highest BCUT2D eigenvalue weighted by Gasteiger charge is 2.20. The van der Waals surface area contributed by atoms with Crippen molar-refractivity contribution in [2.45, 2.75) is 34.2 Å². The van der Waals surface area contributed by atoms with E-state index in [4.69, 9.17) is 4.52 Å². The maximum Gasteiger partial charge on any atom is 0.194 e. The molecule has 1 saturated heterocycles. The minimum absolute atomic E-state index is 0.708. The van der Waals surface area contributed by atoms with Crippen molar-refractivity contribution in [3.8, 4) is 0 Å². The van der Waals surface area contributed by atoms with Gasteiger partial charge in [-0.25, -0.2) is 0 Å². The number of hydrogen-bond donors (Lipinski definition) is 1. The Kier molecular flexibility index (Phi) is 5.83. The van der Waals surface area contributed by atoms with Crippen molar-refractivity contribution in [1.29, 1.82) is 0 Å². The summed E-state index contributed by atoms with van der Waals surface area (Å²) in [6.07, 6.45) is 0. The lowest BCUT2D eigenvalue weighted by molar-refractivity contribution is 0.164. The van der Waals surface area contributed by atoms with E-state index < -0.39 is 0 Å². The number of nitrogens with zero attached hydrogens (tertiary/aromatic N) is 4. The molecule has 1 N–H and O–H groups in total. The van der Waals surface area contributed by atoms with Crippen LogP contribution in [-0.2, 0) is 6.54 Å². The number of hydrogen-bond acceptors (Lipinski definition) is 4. The zero-order valence-corrected chi connectivity index (χ0v) is 14.5. The molecule has 1 aromatic rings. The van der Waals surface area contributed by atoms with E-state index in [-0.39, 0.29) is 0 Å². The van der Waals surface area contributed by atoms with Crippen LogP contribution in [0.15, 0.2) is 9.52 Å². The van der Waals surface area contributed by atoms with Crippen LogP contribution in [0.2, 0.25) is 0 Å². The van der Waals surface area contributed by atoms with Crippen LogP contribution in [0.3, 0.4) is 0 Å². The number of aliphatic imine (C=N–C) groups is 1. The molecule has 0 spiro atoms. The fraction of sp³-hybridized carbons (Fsp3) is 0.750. The van der Waals surface area contributed by atoms with Gasteiger partial charge in [-0.05, 0) is 19.8 Å². The first-order chi connectivity index (χ1) is 10.5. The molecule has 0 radical (unpaired) electrons. The van der Waals surface area contributed by atoms with Gasteiger partial charge in [-0.1, -0.05) is 19.0 Å². The third-order valence-electron chi connectivity index (χ3n) is 4.11. The molecular formula is C16H29N5O. The molecule has 1 fully saturated rings. The SMILES string of the molecule is CN=C(NCc1c(C)noc1C)N1CCN(CC(C)C)CC1. The van der Waals surface area contributed by atoms with Crippen LogP contribution in [-0.4, -0.2) is 60.7 Å². The van der Waals surface area contributed by atoms with E-state index in [1.807, 2.05) is 20.9 Å². The van der Waals surface area contributed by atoms with Gasteiger partial charge in [0, 0.05) is 51.9 Å². The van der Waals surface area contributed by atoms with Crippen LogP contribution in [0.1, 0.15) is 30.9 Å². The number of nitrogens with one attached hydrogen (secondary N) is 1. The monoisotopic (exact) mass is 307 g/mol. The quantitative estimate of drug-likeness (QED) is 0.677. The Morgan fingerprint density at radius 2 is 1.95 bits per heavy atom. The normalized spacial score (nSPS) is 17.4. The molecule has 1 aromatic heterocycles. The first-order valence-corrected chi connectivity index (χ1v) is 8.11. The summed E-state index contributed by atoms with van der Waals surface area (Å²) in [6, 6.07) is 0. The molecule has 1 aliphatic heterocycles. The van der Waals surface area contributed by atoms with E-state index in [1.54, 1.807) is 0 Å². The van der Waals surface area contributed by atoms with Crippen LogP contribution in [0.4, 0.5) is 0 Å². The lowest BCUT2D eigenvalue weighted by atomic mass is 10.2. The van der Waals surface area contributed by atoms with Gasteiger partial charge in [0.2, 0.25) is 0 Å². The molecule has 0 saturated carbocycles. The molecule has 22 heavy (non-hydrogen) atoms. The largest absolute Gasteiger partial charge is 0.361 e. The predicted octanol–water partition coefficient (Wildman–Crippen LogP) is 1.64. The van der Waals surface area contributed by atoms with Gasteiger partial charge in [0.15, 0.2) is 5.96 Å². The Bertz CT molecular complexity index is 481. The Morgan fingerprint density at radius 3 is 2.45 bits per heavy atom. The molecule has 6 heteroatoms. The topological polar surface area (TPSA) is 56.9 Å². The van der Waals surface area contributed by atoms with Crippen LogP contribution < -0.4 is 5.32 Å². The van der Waals surface area contributed by atoms with Crippen LogP contribution in [0.5, 0.6) is 0 Å². The summed E-state index contributed by atoms with van der Waals surface area (Å²) in [5.41, 5.74) is 2.07. The Morgan fingerprint density at radius 1 is 1.27 bits per heavy atom. The zero-order chi connectivity index (χ0) is 16.1. The minimum Gasteiger partial charge on any atom is -0.361 e. The van der Waals surface area contributed by atoms with Crippen molar-refractivity contribution in [3.05, 3.63) is 17.0 Å². The van der Waals surface area contributed by atoms with Gasteiger partial charge in [0.25, 0.3) is 0 Å². The lowest BCUT2D eigenvalue weighted by Gasteiger charge is -2.37. The van der Waals surface area contributed by atoms with Crippen molar-refractivity contribution in [2.75, 3.05) is 39.8 Å². The van der Waals surface area contributed by atoms with Gasteiger partial charge in [-0.15, -0.1) is 0 Å². The Balaban J connectivity index is 1.86. The highest BCUT2D eigenvalue weighted by molar-refractivity contribution is 5.80. The van der Waals surface area contributed by atoms with Gasteiger partial charge in [-0.3, -0.25) is 9.89 Å². The fourth-order valence-corrected chi connectivity index (χ4v) is 2.91. The van der Waals surface area contributed by atoms with Gasteiger partial charge in [-0.2, -0.15) is 0 Å². The van der Waals surface area contributed by atoms with E-state index in [0.717, 1.165) is 55.1 Å².